The van der Waals surface area contributed by atoms with Crippen molar-refractivity contribution in [2.24, 2.45) is 0 Å². The van der Waals surface area contributed by atoms with E-state index < -0.39 is 15.9 Å². The Balaban J connectivity index is 1.82. The van der Waals surface area contributed by atoms with Crippen LogP contribution in [-0.4, -0.2) is 68.9 Å². The Bertz CT molecular complexity index is 744. The van der Waals surface area contributed by atoms with Gasteiger partial charge in [0.1, 0.15) is 0 Å². The summed E-state index contributed by atoms with van der Waals surface area (Å²) < 4.78 is 26.4. The zero-order valence-electron chi connectivity index (χ0n) is 15.7. The van der Waals surface area contributed by atoms with Crippen LogP contribution in [0.25, 0.3) is 0 Å². The summed E-state index contributed by atoms with van der Waals surface area (Å²) in [4.78, 5) is 14.4. The van der Waals surface area contributed by atoms with Crippen LogP contribution in [0.1, 0.15) is 29.6 Å². The SMILES string of the molecule is CN(C)CCCNC(=S)NNC(=O)c1ccc(S(=O)(=O)N2CCCC2)cc1. The summed E-state index contributed by atoms with van der Waals surface area (Å²) in [6.45, 7) is 2.73. The number of carbonyl (C=O) groups excluding carboxylic acids is 1. The van der Waals surface area contributed by atoms with E-state index in [9.17, 15) is 13.2 Å². The van der Waals surface area contributed by atoms with Crippen LogP contribution < -0.4 is 16.2 Å². The van der Waals surface area contributed by atoms with Gasteiger partial charge in [0, 0.05) is 25.2 Å². The lowest BCUT2D eigenvalue weighted by Crippen LogP contribution is -2.47. The van der Waals surface area contributed by atoms with E-state index in [1.807, 2.05) is 14.1 Å². The number of carbonyl (C=O) groups is 1. The molecule has 1 saturated heterocycles. The van der Waals surface area contributed by atoms with Gasteiger partial charge in [-0.05, 0) is 76.4 Å². The van der Waals surface area contributed by atoms with E-state index in [-0.39, 0.29) is 4.90 Å². The van der Waals surface area contributed by atoms with Crippen molar-refractivity contribution < 1.29 is 13.2 Å². The predicted molar refractivity (Wildman–Crippen MR) is 109 cm³/mol. The molecule has 1 amide bonds. The van der Waals surface area contributed by atoms with Gasteiger partial charge in [-0.25, -0.2) is 8.42 Å². The van der Waals surface area contributed by atoms with Crippen LogP contribution >= 0.6 is 12.2 Å². The Labute approximate surface area is 166 Å². The van der Waals surface area contributed by atoms with E-state index in [0.29, 0.717) is 30.3 Å². The molecule has 0 radical (unpaired) electrons. The highest BCUT2D eigenvalue weighted by molar-refractivity contribution is 7.89. The average Bonchev–Trinajstić information content (AvgIpc) is 3.19. The van der Waals surface area contributed by atoms with Crippen molar-refractivity contribution >= 4 is 33.3 Å². The number of benzene rings is 1. The van der Waals surface area contributed by atoms with Crippen molar-refractivity contribution in [3.63, 3.8) is 0 Å². The van der Waals surface area contributed by atoms with Gasteiger partial charge in [-0.3, -0.25) is 15.6 Å². The highest BCUT2D eigenvalue weighted by atomic mass is 32.2. The smallest absolute Gasteiger partial charge is 0.269 e. The molecule has 10 heteroatoms. The number of rotatable bonds is 7. The van der Waals surface area contributed by atoms with E-state index in [2.05, 4.69) is 21.1 Å². The molecular weight excluding hydrogens is 386 g/mol. The molecule has 0 aromatic heterocycles. The standard InChI is InChI=1S/C17H27N5O3S2/c1-21(2)11-5-10-18-17(26)20-19-16(23)14-6-8-15(9-7-14)27(24,25)22-12-3-4-13-22/h6-9H,3-5,10-13H2,1-2H3,(H,19,23)(H2,18,20,26). The molecule has 1 heterocycles. The topological polar surface area (TPSA) is 93.8 Å². The molecule has 1 aliphatic heterocycles. The van der Waals surface area contributed by atoms with Crippen LogP contribution in [0, 0.1) is 0 Å². The maximum Gasteiger partial charge on any atom is 0.269 e. The van der Waals surface area contributed by atoms with E-state index in [1.165, 1.54) is 28.6 Å². The molecule has 0 spiro atoms. The lowest BCUT2D eigenvalue weighted by atomic mass is 10.2. The van der Waals surface area contributed by atoms with Crippen molar-refractivity contribution in [1.29, 1.82) is 0 Å². The van der Waals surface area contributed by atoms with Gasteiger partial charge in [-0.2, -0.15) is 4.31 Å². The Morgan fingerprint density at radius 2 is 1.78 bits per heavy atom. The van der Waals surface area contributed by atoms with Crippen LogP contribution in [0.15, 0.2) is 29.2 Å². The number of nitrogens with one attached hydrogen (secondary N) is 3. The number of nitrogens with zero attached hydrogens (tertiary/aromatic N) is 2. The number of thiocarbonyl (C=S) groups is 1. The molecule has 1 aromatic rings. The minimum atomic E-state index is -3.47. The van der Waals surface area contributed by atoms with Crippen LogP contribution in [0.5, 0.6) is 0 Å². The molecule has 27 heavy (non-hydrogen) atoms. The first kappa shape index (κ1) is 21.5. The van der Waals surface area contributed by atoms with Crippen LogP contribution in [-0.2, 0) is 10.0 Å². The fraction of sp³-hybridized carbons (Fsp3) is 0.529. The van der Waals surface area contributed by atoms with Gasteiger partial charge in [-0.1, -0.05) is 0 Å². The molecule has 0 atom stereocenters. The number of amides is 1. The fourth-order valence-electron chi connectivity index (χ4n) is 2.68. The summed E-state index contributed by atoms with van der Waals surface area (Å²) in [5.41, 5.74) is 5.48. The number of hydrogen-bond acceptors (Lipinski definition) is 5. The Hall–Kier alpha value is -1.75. The highest BCUT2D eigenvalue weighted by Gasteiger charge is 2.27. The monoisotopic (exact) mass is 413 g/mol. The van der Waals surface area contributed by atoms with Crippen molar-refractivity contribution in [2.75, 3.05) is 40.3 Å². The summed E-state index contributed by atoms with van der Waals surface area (Å²) in [5.74, 6) is -0.391. The average molecular weight is 414 g/mol. The minimum Gasteiger partial charge on any atom is -0.361 e. The van der Waals surface area contributed by atoms with E-state index in [0.717, 1.165) is 25.8 Å². The van der Waals surface area contributed by atoms with E-state index in [1.54, 1.807) is 0 Å². The van der Waals surface area contributed by atoms with Crippen molar-refractivity contribution in [3.8, 4) is 0 Å². The Morgan fingerprint density at radius 1 is 1.15 bits per heavy atom. The number of sulfonamides is 1. The molecule has 1 fully saturated rings. The van der Waals surface area contributed by atoms with E-state index in [4.69, 9.17) is 12.2 Å². The molecule has 0 aliphatic carbocycles. The molecule has 8 nitrogen and oxygen atoms in total. The first-order chi connectivity index (χ1) is 12.8. The maximum atomic E-state index is 12.5. The van der Waals surface area contributed by atoms with Crippen molar-refractivity contribution in [1.82, 2.24) is 25.4 Å². The molecule has 150 valence electrons. The second-order valence-corrected chi connectivity index (χ2v) is 8.97. The summed E-state index contributed by atoms with van der Waals surface area (Å²) in [7, 11) is 0.523. The molecule has 3 N–H and O–H groups in total. The molecular formula is C17H27N5O3S2. The fourth-order valence-corrected chi connectivity index (χ4v) is 4.35. The molecule has 0 bridgehead atoms. The van der Waals surface area contributed by atoms with E-state index >= 15 is 0 Å². The largest absolute Gasteiger partial charge is 0.361 e. The van der Waals surface area contributed by atoms with Gasteiger partial charge in [0.15, 0.2) is 5.11 Å². The zero-order chi connectivity index (χ0) is 19.9. The molecule has 0 saturated carbocycles. The van der Waals surface area contributed by atoms with Crippen LogP contribution in [0.4, 0.5) is 0 Å². The Morgan fingerprint density at radius 3 is 2.37 bits per heavy atom. The molecule has 1 aliphatic rings. The predicted octanol–water partition coefficient (Wildman–Crippen LogP) is 0.532. The molecule has 0 unspecified atom stereocenters. The normalized spacial score (nSPS) is 14.9. The van der Waals surface area contributed by atoms with Gasteiger partial charge < -0.3 is 10.2 Å². The van der Waals surface area contributed by atoms with Gasteiger partial charge >= 0.3 is 0 Å². The lowest BCUT2D eigenvalue weighted by molar-refractivity contribution is 0.0943. The quantitative estimate of drug-likeness (QED) is 0.341. The Kier molecular flexibility index (Phi) is 7.96. The third-order valence-electron chi connectivity index (χ3n) is 4.18. The highest BCUT2D eigenvalue weighted by Crippen LogP contribution is 2.20. The zero-order valence-corrected chi connectivity index (χ0v) is 17.3. The third-order valence-corrected chi connectivity index (χ3v) is 6.34. The lowest BCUT2D eigenvalue weighted by Gasteiger charge is -2.16. The van der Waals surface area contributed by atoms with Crippen molar-refractivity contribution in [2.45, 2.75) is 24.2 Å². The molecule has 1 aromatic carbocycles. The number of hydrogen-bond donors (Lipinski definition) is 3. The second-order valence-electron chi connectivity index (χ2n) is 6.63. The van der Waals surface area contributed by atoms with Gasteiger partial charge in [0.05, 0.1) is 4.90 Å². The van der Waals surface area contributed by atoms with Gasteiger partial charge in [0.25, 0.3) is 5.91 Å². The summed E-state index contributed by atoms with van der Waals surface area (Å²) in [5, 5.41) is 3.33. The summed E-state index contributed by atoms with van der Waals surface area (Å²) in [6, 6.07) is 5.90. The third kappa shape index (κ3) is 6.42. The summed E-state index contributed by atoms with van der Waals surface area (Å²) in [6.07, 6.45) is 2.69. The van der Waals surface area contributed by atoms with Gasteiger partial charge in [-0.15, -0.1) is 0 Å². The minimum absolute atomic E-state index is 0.201. The second kappa shape index (κ2) is 9.98. The van der Waals surface area contributed by atoms with Crippen molar-refractivity contribution in [3.05, 3.63) is 29.8 Å². The first-order valence-corrected chi connectivity index (χ1v) is 10.7. The maximum absolute atomic E-state index is 12.5. The van der Waals surface area contributed by atoms with Crippen LogP contribution in [0.2, 0.25) is 0 Å². The van der Waals surface area contributed by atoms with Gasteiger partial charge in [0.2, 0.25) is 10.0 Å². The number of hydrazine groups is 1. The summed E-state index contributed by atoms with van der Waals surface area (Å²) >= 11 is 5.10. The van der Waals surface area contributed by atoms with Crippen LogP contribution in [0.3, 0.4) is 0 Å². The first-order valence-electron chi connectivity index (χ1n) is 8.90. The molecule has 2 rings (SSSR count).